The average molecular weight is 420 g/mol. The van der Waals surface area contributed by atoms with Gasteiger partial charge in [-0.2, -0.15) is 0 Å². The first-order valence-electron chi connectivity index (χ1n) is 9.32. The van der Waals surface area contributed by atoms with Crippen LogP contribution in [0.2, 0.25) is 0 Å². The van der Waals surface area contributed by atoms with E-state index in [1.165, 1.54) is 12.1 Å². The highest BCUT2D eigenvalue weighted by atomic mass is 32.2. The Labute approximate surface area is 174 Å². The lowest BCUT2D eigenvalue weighted by atomic mass is 10.1. The Kier molecular flexibility index (Phi) is 5.05. The molecule has 7 heteroatoms. The van der Waals surface area contributed by atoms with Gasteiger partial charge in [-0.1, -0.05) is 36.4 Å². The Morgan fingerprint density at radius 2 is 1.53 bits per heavy atom. The lowest BCUT2D eigenvalue weighted by Crippen LogP contribution is -2.15. The van der Waals surface area contributed by atoms with Crippen LogP contribution in [0, 0.1) is 13.8 Å². The lowest BCUT2D eigenvalue weighted by molar-refractivity contribution is 0.0998. The molecule has 0 bridgehead atoms. The molecule has 1 amide bonds. The number of hydrogen-bond donors (Lipinski definition) is 2. The summed E-state index contributed by atoms with van der Waals surface area (Å²) in [6.45, 7) is 3.70. The summed E-state index contributed by atoms with van der Waals surface area (Å²) in [4.78, 5) is 12.5. The molecule has 1 heterocycles. The van der Waals surface area contributed by atoms with Crippen molar-refractivity contribution in [1.82, 2.24) is 0 Å². The zero-order valence-electron chi connectivity index (χ0n) is 16.5. The quantitative estimate of drug-likeness (QED) is 0.470. The van der Waals surface area contributed by atoms with E-state index in [0.717, 1.165) is 16.5 Å². The Hall–Kier alpha value is -3.58. The zero-order chi connectivity index (χ0) is 21.3. The normalized spacial score (nSPS) is 11.4. The first kappa shape index (κ1) is 19.7. The Balaban J connectivity index is 1.51. The second kappa shape index (κ2) is 7.68. The van der Waals surface area contributed by atoms with Crippen molar-refractivity contribution in [3.8, 4) is 0 Å². The minimum absolute atomic E-state index is 0.104. The SMILES string of the molecule is Cc1cccc(C)c1NS(=O)(=O)c1ccc(NC(=O)c2cc3ccccc3o2)cc1. The second-order valence-corrected chi connectivity index (χ2v) is 8.68. The second-order valence-electron chi connectivity index (χ2n) is 7.00. The van der Waals surface area contributed by atoms with Crippen LogP contribution in [0.5, 0.6) is 0 Å². The molecule has 0 saturated carbocycles. The Morgan fingerprint density at radius 1 is 0.867 bits per heavy atom. The van der Waals surface area contributed by atoms with Gasteiger partial charge in [0.05, 0.1) is 10.6 Å². The van der Waals surface area contributed by atoms with E-state index in [4.69, 9.17) is 4.42 Å². The van der Waals surface area contributed by atoms with Gasteiger partial charge in [-0.15, -0.1) is 0 Å². The molecule has 0 aliphatic heterocycles. The topological polar surface area (TPSA) is 88.4 Å². The number of sulfonamides is 1. The van der Waals surface area contributed by atoms with E-state index in [1.807, 2.05) is 50.2 Å². The van der Waals surface area contributed by atoms with Crippen LogP contribution in [-0.4, -0.2) is 14.3 Å². The molecule has 4 aromatic rings. The van der Waals surface area contributed by atoms with Gasteiger partial charge >= 0.3 is 0 Å². The van der Waals surface area contributed by atoms with Gasteiger partial charge in [0, 0.05) is 11.1 Å². The highest BCUT2D eigenvalue weighted by Gasteiger charge is 2.17. The largest absolute Gasteiger partial charge is 0.451 e. The van der Waals surface area contributed by atoms with E-state index in [-0.39, 0.29) is 10.7 Å². The summed E-state index contributed by atoms with van der Waals surface area (Å²) in [6.07, 6.45) is 0. The molecule has 0 aliphatic carbocycles. The summed E-state index contributed by atoms with van der Waals surface area (Å²) in [5, 5.41) is 3.55. The van der Waals surface area contributed by atoms with Crippen molar-refractivity contribution in [2.75, 3.05) is 10.0 Å². The van der Waals surface area contributed by atoms with Crippen molar-refractivity contribution in [3.63, 3.8) is 0 Å². The van der Waals surface area contributed by atoms with Gasteiger partial charge < -0.3 is 9.73 Å². The van der Waals surface area contributed by atoms with Gasteiger partial charge in [0.1, 0.15) is 5.58 Å². The van der Waals surface area contributed by atoms with Crippen molar-refractivity contribution in [3.05, 3.63) is 89.7 Å². The monoisotopic (exact) mass is 420 g/mol. The average Bonchev–Trinajstić information content (AvgIpc) is 3.16. The fourth-order valence-electron chi connectivity index (χ4n) is 3.17. The van der Waals surface area contributed by atoms with Crippen LogP contribution < -0.4 is 10.0 Å². The molecular weight excluding hydrogens is 400 g/mol. The highest BCUT2D eigenvalue weighted by Crippen LogP contribution is 2.25. The summed E-state index contributed by atoms with van der Waals surface area (Å²) in [5.74, 6) is -0.222. The molecule has 152 valence electrons. The van der Waals surface area contributed by atoms with Gasteiger partial charge in [-0.25, -0.2) is 8.42 Å². The maximum absolute atomic E-state index is 12.7. The van der Waals surface area contributed by atoms with Crippen molar-refractivity contribution < 1.29 is 17.6 Å². The number of furan rings is 1. The van der Waals surface area contributed by atoms with Crippen molar-refractivity contribution in [2.24, 2.45) is 0 Å². The third-order valence-electron chi connectivity index (χ3n) is 4.79. The molecule has 6 nitrogen and oxygen atoms in total. The minimum atomic E-state index is -3.75. The smallest absolute Gasteiger partial charge is 0.291 e. The molecule has 0 saturated heterocycles. The van der Waals surface area contributed by atoms with E-state index in [0.29, 0.717) is 17.0 Å². The third-order valence-corrected chi connectivity index (χ3v) is 6.15. The predicted octanol–water partition coefficient (Wildman–Crippen LogP) is 5.10. The molecule has 0 spiro atoms. The highest BCUT2D eigenvalue weighted by molar-refractivity contribution is 7.92. The summed E-state index contributed by atoms with van der Waals surface area (Å²) >= 11 is 0. The summed E-state index contributed by atoms with van der Waals surface area (Å²) in [7, 11) is -3.75. The van der Waals surface area contributed by atoms with Crippen LogP contribution in [-0.2, 0) is 10.0 Å². The minimum Gasteiger partial charge on any atom is -0.451 e. The van der Waals surface area contributed by atoms with E-state index in [1.54, 1.807) is 24.3 Å². The number of hydrogen-bond acceptors (Lipinski definition) is 4. The molecule has 0 radical (unpaired) electrons. The van der Waals surface area contributed by atoms with Crippen LogP contribution in [0.1, 0.15) is 21.7 Å². The molecule has 1 aromatic heterocycles. The number of carbonyl (C=O) groups excluding carboxylic acids is 1. The fraction of sp³-hybridized carbons (Fsp3) is 0.0870. The number of fused-ring (bicyclic) bond motifs is 1. The lowest BCUT2D eigenvalue weighted by Gasteiger charge is -2.13. The number of para-hydroxylation sites is 2. The molecule has 0 aliphatic rings. The molecule has 3 aromatic carbocycles. The first-order chi connectivity index (χ1) is 14.3. The van der Waals surface area contributed by atoms with Crippen molar-refractivity contribution in [1.29, 1.82) is 0 Å². The van der Waals surface area contributed by atoms with Crippen LogP contribution in [0.25, 0.3) is 11.0 Å². The maximum Gasteiger partial charge on any atom is 0.291 e. The number of anilines is 2. The number of nitrogens with one attached hydrogen (secondary N) is 2. The summed E-state index contributed by atoms with van der Waals surface area (Å²) in [5.41, 5.74) is 3.34. The predicted molar refractivity (Wildman–Crippen MR) is 117 cm³/mol. The van der Waals surface area contributed by atoms with Gasteiger partial charge in [-0.05, 0) is 61.4 Å². The van der Waals surface area contributed by atoms with Crippen molar-refractivity contribution >= 4 is 38.3 Å². The van der Waals surface area contributed by atoms with Crippen LogP contribution in [0.15, 0.2) is 82.1 Å². The number of rotatable bonds is 5. The van der Waals surface area contributed by atoms with Gasteiger partial charge in [-0.3, -0.25) is 9.52 Å². The number of amides is 1. The third kappa shape index (κ3) is 3.92. The van der Waals surface area contributed by atoms with Gasteiger partial charge in [0.2, 0.25) is 0 Å². The molecular formula is C23H20N2O4S. The van der Waals surface area contributed by atoms with Gasteiger partial charge in [0.15, 0.2) is 5.76 Å². The molecule has 0 atom stereocenters. The van der Waals surface area contributed by atoms with Gasteiger partial charge in [0.25, 0.3) is 15.9 Å². The van der Waals surface area contributed by atoms with E-state index in [2.05, 4.69) is 10.0 Å². The molecule has 30 heavy (non-hydrogen) atoms. The van der Waals surface area contributed by atoms with E-state index < -0.39 is 15.9 Å². The van der Waals surface area contributed by atoms with Crippen molar-refractivity contribution in [2.45, 2.75) is 18.7 Å². The molecule has 4 rings (SSSR count). The first-order valence-corrected chi connectivity index (χ1v) is 10.8. The molecule has 0 unspecified atom stereocenters. The zero-order valence-corrected chi connectivity index (χ0v) is 17.3. The Bertz CT molecular complexity index is 1290. The van der Waals surface area contributed by atoms with Crippen LogP contribution in [0.3, 0.4) is 0 Å². The summed E-state index contributed by atoms with van der Waals surface area (Å²) in [6, 6.07) is 20.6. The van der Waals surface area contributed by atoms with E-state index in [9.17, 15) is 13.2 Å². The summed E-state index contributed by atoms with van der Waals surface area (Å²) < 4.78 is 33.7. The fourth-order valence-corrected chi connectivity index (χ4v) is 4.38. The maximum atomic E-state index is 12.7. The van der Waals surface area contributed by atoms with Crippen LogP contribution >= 0.6 is 0 Å². The molecule has 2 N–H and O–H groups in total. The number of aryl methyl sites for hydroxylation is 2. The Morgan fingerprint density at radius 3 is 2.20 bits per heavy atom. The van der Waals surface area contributed by atoms with E-state index >= 15 is 0 Å². The molecule has 0 fully saturated rings. The number of carbonyl (C=O) groups is 1. The number of benzene rings is 3. The van der Waals surface area contributed by atoms with Crippen LogP contribution in [0.4, 0.5) is 11.4 Å². The standard InChI is InChI=1S/C23H20N2O4S/c1-15-6-5-7-16(2)22(15)25-30(27,28)19-12-10-18(11-13-19)24-23(26)21-14-17-8-3-4-9-20(17)29-21/h3-14,25H,1-2H3,(H,24,26).